The molecular formula is C23H26FN3O3. The summed E-state index contributed by atoms with van der Waals surface area (Å²) in [6.45, 7) is 2.81. The van der Waals surface area contributed by atoms with E-state index in [-0.39, 0.29) is 17.6 Å². The van der Waals surface area contributed by atoms with E-state index in [1.165, 1.54) is 6.07 Å². The lowest BCUT2D eigenvalue weighted by Crippen LogP contribution is -2.54. The van der Waals surface area contributed by atoms with Gasteiger partial charge in [0.2, 0.25) is 11.8 Å². The minimum atomic E-state index is -0.641. The summed E-state index contributed by atoms with van der Waals surface area (Å²) in [6, 6.07) is 13.7. The van der Waals surface area contributed by atoms with Crippen LogP contribution in [0.3, 0.4) is 0 Å². The number of methoxy groups -OCH3 is 1. The van der Waals surface area contributed by atoms with Gasteiger partial charge in [0, 0.05) is 39.8 Å². The van der Waals surface area contributed by atoms with Crippen molar-refractivity contribution in [2.45, 2.75) is 12.5 Å². The molecule has 2 aliphatic rings. The molecule has 6 nitrogen and oxygen atoms in total. The number of hydrogen-bond donors (Lipinski definition) is 0. The third kappa shape index (κ3) is 3.89. The van der Waals surface area contributed by atoms with Gasteiger partial charge in [0.25, 0.3) is 0 Å². The van der Waals surface area contributed by atoms with Gasteiger partial charge >= 0.3 is 0 Å². The molecule has 4 rings (SSSR count). The molecule has 158 valence electrons. The molecule has 2 amide bonds. The second-order valence-corrected chi connectivity index (χ2v) is 7.62. The first-order chi connectivity index (χ1) is 14.6. The number of rotatable bonds is 5. The third-order valence-electron chi connectivity index (χ3n) is 5.88. The van der Waals surface area contributed by atoms with Crippen molar-refractivity contribution in [1.82, 2.24) is 9.80 Å². The Kier molecular flexibility index (Phi) is 5.99. The van der Waals surface area contributed by atoms with Gasteiger partial charge in [-0.25, -0.2) is 4.39 Å². The van der Waals surface area contributed by atoms with Crippen molar-refractivity contribution in [1.29, 1.82) is 0 Å². The van der Waals surface area contributed by atoms with E-state index in [9.17, 15) is 14.0 Å². The summed E-state index contributed by atoms with van der Waals surface area (Å²) in [5.41, 5.74) is 2.35. The zero-order chi connectivity index (χ0) is 21.1. The van der Waals surface area contributed by atoms with E-state index >= 15 is 0 Å². The number of ether oxygens (including phenoxy) is 1. The maximum Gasteiger partial charge on any atom is 0.250 e. The molecule has 2 aromatic carbocycles. The molecule has 0 N–H and O–H groups in total. The van der Waals surface area contributed by atoms with E-state index in [4.69, 9.17) is 4.74 Å². The molecule has 0 unspecified atom stereocenters. The van der Waals surface area contributed by atoms with Crippen molar-refractivity contribution in [2.24, 2.45) is 0 Å². The number of halogens is 1. The fourth-order valence-electron chi connectivity index (χ4n) is 4.30. The zero-order valence-electron chi connectivity index (χ0n) is 17.1. The SMILES string of the molecule is COCCN1C(=O)Cc2ccccc2[C@H]1C(=O)N1CCN(c2ccccc2F)CC1. The van der Waals surface area contributed by atoms with E-state index in [0.29, 0.717) is 51.4 Å². The lowest BCUT2D eigenvalue weighted by Gasteiger charge is -2.42. The van der Waals surface area contributed by atoms with E-state index in [2.05, 4.69) is 0 Å². The fraction of sp³-hybridized carbons (Fsp3) is 0.391. The minimum Gasteiger partial charge on any atom is -0.383 e. The average molecular weight is 411 g/mol. The van der Waals surface area contributed by atoms with Crippen LogP contribution < -0.4 is 4.90 Å². The molecule has 2 aromatic rings. The van der Waals surface area contributed by atoms with Gasteiger partial charge in [0.1, 0.15) is 11.9 Å². The number of carbonyl (C=O) groups excluding carboxylic acids is 2. The van der Waals surface area contributed by atoms with Gasteiger partial charge in [0.05, 0.1) is 18.7 Å². The number of benzene rings is 2. The maximum absolute atomic E-state index is 14.1. The lowest BCUT2D eigenvalue weighted by atomic mass is 9.91. The fourth-order valence-corrected chi connectivity index (χ4v) is 4.30. The van der Waals surface area contributed by atoms with Gasteiger partial charge in [0.15, 0.2) is 0 Å². The number of hydrogen-bond acceptors (Lipinski definition) is 4. The quantitative estimate of drug-likeness (QED) is 0.757. The number of nitrogens with zero attached hydrogens (tertiary/aromatic N) is 3. The Labute approximate surface area is 175 Å². The second-order valence-electron chi connectivity index (χ2n) is 7.62. The average Bonchev–Trinajstić information content (AvgIpc) is 2.77. The molecule has 0 bridgehead atoms. The van der Waals surface area contributed by atoms with E-state index in [1.54, 1.807) is 29.0 Å². The number of para-hydroxylation sites is 1. The predicted octanol–water partition coefficient (Wildman–Crippen LogP) is 2.25. The van der Waals surface area contributed by atoms with E-state index in [0.717, 1.165) is 11.1 Å². The van der Waals surface area contributed by atoms with Crippen molar-refractivity contribution in [2.75, 3.05) is 51.3 Å². The third-order valence-corrected chi connectivity index (χ3v) is 5.88. The summed E-state index contributed by atoms with van der Waals surface area (Å²) >= 11 is 0. The second kappa shape index (κ2) is 8.83. The van der Waals surface area contributed by atoms with Gasteiger partial charge < -0.3 is 19.4 Å². The molecule has 30 heavy (non-hydrogen) atoms. The predicted molar refractivity (Wildman–Crippen MR) is 112 cm³/mol. The highest BCUT2D eigenvalue weighted by atomic mass is 19.1. The van der Waals surface area contributed by atoms with E-state index in [1.807, 2.05) is 35.2 Å². The number of carbonyl (C=O) groups is 2. The molecule has 0 spiro atoms. The highest BCUT2D eigenvalue weighted by molar-refractivity contribution is 5.92. The van der Waals surface area contributed by atoms with Gasteiger partial charge in [-0.15, -0.1) is 0 Å². The van der Waals surface area contributed by atoms with Crippen molar-refractivity contribution in [3.8, 4) is 0 Å². The Morgan fingerprint density at radius 3 is 2.50 bits per heavy atom. The van der Waals surface area contributed by atoms with Crippen LogP contribution in [0.4, 0.5) is 10.1 Å². The first-order valence-corrected chi connectivity index (χ1v) is 10.2. The summed E-state index contributed by atoms with van der Waals surface area (Å²) < 4.78 is 19.3. The lowest BCUT2D eigenvalue weighted by molar-refractivity contribution is -0.147. The Morgan fingerprint density at radius 2 is 1.77 bits per heavy atom. The first-order valence-electron chi connectivity index (χ1n) is 10.2. The van der Waals surface area contributed by atoms with Crippen LogP contribution in [0.1, 0.15) is 17.2 Å². The molecule has 0 radical (unpaired) electrons. The number of fused-ring (bicyclic) bond motifs is 1. The monoisotopic (exact) mass is 411 g/mol. The first kappa shape index (κ1) is 20.3. The molecule has 1 fully saturated rings. The largest absolute Gasteiger partial charge is 0.383 e. The van der Waals surface area contributed by atoms with Crippen LogP contribution in [-0.4, -0.2) is 68.1 Å². The molecule has 2 heterocycles. The highest BCUT2D eigenvalue weighted by Crippen LogP contribution is 2.32. The molecule has 0 saturated carbocycles. The Hall–Kier alpha value is -2.93. The molecule has 1 atom stereocenters. The van der Waals surface area contributed by atoms with Crippen molar-refractivity contribution in [3.05, 3.63) is 65.5 Å². The summed E-state index contributed by atoms with van der Waals surface area (Å²) in [5.74, 6) is -0.399. The van der Waals surface area contributed by atoms with Crippen molar-refractivity contribution in [3.63, 3.8) is 0 Å². The summed E-state index contributed by atoms with van der Waals surface area (Å²) in [6.07, 6.45) is 0.296. The van der Waals surface area contributed by atoms with Crippen LogP contribution in [0.15, 0.2) is 48.5 Å². The summed E-state index contributed by atoms with van der Waals surface area (Å²) in [4.78, 5) is 31.7. The van der Waals surface area contributed by atoms with Gasteiger partial charge in [-0.3, -0.25) is 9.59 Å². The summed E-state index contributed by atoms with van der Waals surface area (Å²) in [7, 11) is 1.58. The summed E-state index contributed by atoms with van der Waals surface area (Å²) in [5, 5.41) is 0. The standard InChI is InChI=1S/C23H26FN3O3/c1-30-15-14-27-21(28)16-17-6-2-3-7-18(17)22(27)23(29)26-12-10-25(11-13-26)20-9-5-4-8-19(20)24/h2-9,22H,10-16H2,1H3/t22-/m0/s1. The van der Waals surface area contributed by atoms with Gasteiger partial charge in [-0.1, -0.05) is 36.4 Å². The molecule has 2 aliphatic heterocycles. The molecule has 0 aromatic heterocycles. The van der Waals surface area contributed by atoms with Crippen LogP contribution in [0.2, 0.25) is 0 Å². The maximum atomic E-state index is 14.1. The van der Waals surface area contributed by atoms with Crippen molar-refractivity contribution >= 4 is 17.5 Å². The topological polar surface area (TPSA) is 53.1 Å². The molecule has 1 saturated heterocycles. The Bertz CT molecular complexity index is 927. The van der Waals surface area contributed by atoms with Crippen LogP contribution in [0, 0.1) is 5.82 Å². The Morgan fingerprint density at radius 1 is 1.07 bits per heavy atom. The highest BCUT2D eigenvalue weighted by Gasteiger charge is 2.39. The number of amides is 2. The number of anilines is 1. The van der Waals surface area contributed by atoms with Crippen LogP contribution >= 0.6 is 0 Å². The molecule has 7 heteroatoms. The molecule has 0 aliphatic carbocycles. The van der Waals surface area contributed by atoms with Crippen LogP contribution in [-0.2, 0) is 20.7 Å². The van der Waals surface area contributed by atoms with Gasteiger partial charge in [-0.05, 0) is 23.3 Å². The molecular weight excluding hydrogens is 385 g/mol. The number of piperazine rings is 1. The van der Waals surface area contributed by atoms with Crippen molar-refractivity contribution < 1.29 is 18.7 Å². The van der Waals surface area contributed by atoms with Gasteiger partial charge in [-0.2, -0.15) is 0 Å². The Balaban J connectivity index is 1.54. The van der Waals surface area contributed by atoms with Crippen LogP contribution in [0.5, 0.6) is 0 Å². The zero-order valence-corrected chi connectivity index (χ0v) is 17.1. The minimum absolute atomic E-state index is 0.0610. The van der Waals surface area contributed by atoms with E-state index < -0.39 is 6.04 Å². The normalized spacial score (nSPS) is 19.1. The smallest absolute Gasteiger partial charge is 0.250 e. The van der Waals surface area contributed by atoms with Crippen LogP contribution in [0.25, 0.3) is 0 Å².